The van der Waals surface area contributed by atoms with E-state index < -0.39 is 5.41 Å². The molecule has 0 aliphatic heterocycles. The Morgan fingerprint density at radius 1 is 0.815 bits per heavy atom. The van der Waals surface area contributed by atoms with Crippen LogP contribution in [0.5, 0.6) is 0 Å². The molecule has 0 unspecified atom stereocenters. The van der Waals surface area contributed by atoms with Crippen LogP contribution in [-0.4, -0.2) is 12.1 Å². The van der Waals surface area contributed by atoms with Gasteiger partial charge in [0.05, 0.1) is 6.10 Å². The largest absolute Gasteiger partial charge is 0.462 e. The zero-order chi connectivity index (χ0) is 19.1. The minimum Gasteiger partial charge on any atom is -0.462 e. The second-order valence-electron chi connectivity index (χ2n) is 7.10. The molecular formula is C25H26O2. The number of carbonyl (C=O) groups is 1. The Labute approximate surface area is 161 Å². The maximum absolute atomic E-state index is 13.3. The van der Waals surface area contributed by atoms with E-state index in [1.54, 1.807) is 0 Å². The van der Waals surface area contributed by atoms with Gasteiger partial charge in [-0.1, -0.05) is 91.0 Å². The number of hydrogen-bond acceptors (Lipinski definition) is 2. The summed E-state index contributed by atoms with van der Waals surface area (Å²) in [6.07, 6.45) is 1.54. The lowest BCUT2D eigenvalue weighted by Gasteiger charge is -2.30. The second kappa shape index (κ2) is 8.68. The highest BCUT2D eigenvalue weighted by Crippen LogP contribution is 2.33. The van der Waals surface area contributed by atoms with Gasteiger partial charge in [-0.3, -0.25) is 4.79 Å². The number of hydrogen-bond donors (Lipinski definition) is 0. The maximum atomic E-state index is 13.3. The van der Waals surface area contributed by atoms with Gasteiger partial charge in [-0.05, 0) is 43.4 Å². The molecule has 0 amide bonds. The normalized spacial score (nSPS) is 12.4. The fourth-order valence-electron chi connectivity index (χ4n) is 3.32. The summed E-state index contributed by atoms with van der Waals surface area (Å²) in [5.41, 5.74) is 2.31. The van der Waals surface area contributed by atoms with Crippen molar-refractivity contribution in [1.29, 1.82) is 0 Å². The molecular weight excluding hydrogens is 332 g/mol. The zero-order valence-corrected chi connectivity index (χ0v) is 16.0. The van der Waals surface area contributed by atoms with Crippen LogP contribution >= 0.6 is 0 Å². The molecule has 1 atom stereocenters. The molecule has 138 valence electrons. The van der Waals surface area contributed by atoms with Crippen molar-refractivity contribution >= 4 is 5.97 Å². The molecule has 0 saturated carbocycles. The molecule has 3 rings (SSSR count). The first-order valence-electron chi connectivity index (χ1n) is 9.47. The Morgan fingerprint density at radius 2 is 1.26 bits per heavy atom. The molecule has 0 heterocycles. The average Bonchev–Trinajstić information content (AvgIpc) is 2.73. The van der Waals surface area contributed by atoms with Crippen LogP contribution in [0.2, 0.25) is 0 Å². The van der Waals surface area contributed by atoms with Gasteiger partial charge in [-0.25, -0.2) is 0 Å². The summed E-state index contributed by atoms with van der Waals surface area (Å²) < 4.78 is 5.91. The van der Waals surface area contributed by atoms with Crippen molar-refractivity contribution in [2.45, 2.75) is 38.2 Å². The molecule has 0 saturated heterocycles. The quantitative estimate of drug-likeness (QED) is 0.517. The standard InChI is InChI=1S/C25H26O2/c1-20(18-19-21-12-6-3-7-13-21)27-24(26)25(2,22-14-8-4-9-15-22)23-16-10-5-11-17-23/h3-17,20H,18-19H2,1-2H3/t20-/m0/s1. The van der Waals surface area contributed by atoms with Crippen LogP contribution in [0.15, 0.2) is 91.0 Å². The van der Waals surface area contributed by atoms with Crippen LogP contribution in [0.4, 0.5) is 0 Å². The predicted octanol–water partition coefficient (Wildman–Crippen LogP) is 5.56. The molecule has 0 aliphatic carbocycles. The van der Waals surface area contributed by atoms with Crippen molar-refractivity contribution in [2.24, 2.45) is 0 Å². The Morgan fingerprint density at radius 3 is 1.74 bits per heavy atom. The molecule has 0 bridgehead atoms. The Hall–Kier alpha value is -2.87. The van der Waals surface area contributed by atoms with Crippen LogP contribution in [0.3, 0.4) is 0 Å². The SMILES string of the molecule is C[C@@H](CCc1ccccc1)OC(=O)C(C)(c1ccccc1)c1ccccc1. The Bertz CT molecular complexity index is 802. The van der Waals surface area contributed by atoms with Crippen molar-refractivity contribution in [1.82, 2.24) is 0 Å². The molecule has 2 nitrogen and oxygen atoms in total. The van der Waals surface area contributed by atoms with Crippen molar-refractivity contribution in [3.8, 4) is 0 Å². The average molecular weight is 358 g/mol. The summed E-state index contributed by atoms with van der Waals surface area (Å²) in [6, 6.07) is 30.0. The third-order valence-corrected chi connectivity index (χ3v) is 5.10. The number of rotatable bonds is 7. The lowest BCUT2D eigenvalue weighted by molar-refractivity contribution is -0.153. The van der Waals surface area contributed by atoms with Crippen LogP contribution in [-0.2, 0) is 21.4 Å². The predicted molar refractivity (Wildman–Crippen MR) is 110 cm³/mol. The maximum Gasteiger partial charge on any atom is 0.321 e. The topological polar surface area (TPSA) is 26.3 Å². The van der Waals surface area contributed by atoms with E-state index in [1.165, 1.54) is 5.56 Å². The highest BCUT2D eigenvalue weighted by Gasteiger charge is 2.39. The van der Waals surface area contributed by atoms with Crippen molar-refractivity contribution in [2.75, 3.05) is 0 Å². The molecule has 0 radical (unpaired) electrons. The van der Waals surface area contributed by atoms with Gasteiger partial charge in [-0.2, -0.15) is 0 Å². The van der Waals surface area contributed by atoms with E-state index in [-0.39, 0.29) is 12.1 Å². The molecule has 2 heteroatoms. The summed E-state index contributed by atoms with van der Waals surface area (Å²) in [5.74, 6) is -0.208. The van der Waals surface area contributed by atoms with Gasteiger partial charge in [0.2, 0.25) is 0 Å². The summed E-state index contributed by atoms with van der Waals surface area (Å²) in [7, 11) is 0. The number of ether oxygens (including phenoxy) is 1. The number of benzene rings is 3. The number of carbonyl (C=O) groups excluding carboxylic acids is 1. The monoisotopic (exact) mass is 358 g/mol. The summed E-state index contributed by atoms with van der Waals surface area (Å²) in [5, 5.41) is 0. The number of aryl methyl sites for hydroxylation is 1. The Kier molecular flexibility index (Phi) is 6.08. The first kappa shape index (κ1) is 18.9. The molecule has 0 N–H and O–H groups in total. The molecule has 0 aliphatic rings. The van der Waals surface area contributed by atoms with Gasteiger partial charge in [0.15, 0.2) is 0 Å². The lowest BCUT2D eigenvalue weighted by Crippen LogP contribution is -2.37. The van der Waals surface area contributed by atoms with E-state index in [0.717, 1.165) is 24.0 Å². The fourth-order valence-corrected chi connectivity index (χ4v) is 3.32. The number of esters is 1. The van der Waals surface area contributed by atoms with Crippen molar-refractivity contribution in [3.05, 3.63) is 108 Å². The Balaban J connectivity index is 1.77. The first-order chi connectivity index (χ1) is 13.1. The highest BCUT2D eigenvalue weighted by molar-refractivity contribution is 5.87. The molecule has 27 heavy (non-hydrogen) atoms. The molecule has 3 aromatic rings. The van der Waals surface area contributed by atoms with E-state index >= 15 is 0 Å². The summed E-state index contributed by atoms with van der Waals surface area (Å²) in [4.78, 5) is 13.3. The van der Waals surface area contributed by atoms with E-state index in [4.69, 9.17) is 4.74 Å². The smallest absolute Gasteiger partial charge is 0.321 e. The van der Waals surface area contributed by atoms with E-state index in [0.29, 0.717) is 0 Å². The van der Waals surface area contributed by atoms with E-state index in [1.807, 2.05) is 92.7 Å². The van der Waals surface area contributed by atoms with E-state index in [9.17, 15) is 4.79 Å². The van der Waals surface area contributed by atoms with Gasteiger partial charge in [0.25, 0.3) is 0 Å². The second-order valence-corrected chi connectivity index (χ2v) is 7.10. The van der Waals surface area contributed by atoms with Crippen molar-refractivity contribution in [3.63, 3.8) is 0 Å². The molecule has 3 aromatic carbocycles. The van der Waals surface area contributed by atoms with Crippen molar-refractivity contribution < 1.29 is 9.53 Å². The fraction of sp³-hybridized carbons (Fsp3) is 0.240. The van der Waals surface area contributed by atoms with Gasteiger partial charge in [0.1, 0.15) is 5.41 Å². The minimum absolute atomic E-state index is 0.149. The van der Waals surface area contributed by atoms with Gasteiger partial charge >= 0.3 is 5.97 Å². The van der Waals surface area contributed by atoms with Gasteiger partial charge in [0, 0.05) is 0 Å². The lowest BCUT2D eigenvalue weighted by atomic mass is 9.76. The first-order valence-corrected chi connectivity index (χ1v) is 9.47. The summed E-state index contributed by atoms with van der Waals surface area (Å²) >= 11 is 0. The summed E-state index contributed by atoms with van der Waals surface area (Å²) in [6.45, 7) is 3.92. The zero-order valence-electron chi connectivity index (χ0n) is 16.0. The van der Waals surface area contributed by atoms with Crippen LogP contribution in [0.25, 0.3) is 0 Å². The molecule has 0 spiro atoms. The molecule has 0 aromatic heterocycles. The van der Waals surface area contributed by atoms with Crippen LogP contribution in [0, 0.1) is 0 Å². The highest BCUT2D eigenvalue weighted by atomic mass is 16.5. The van der Waals surface area contributed by atoms with E-state index in [2.05, 4.69) is 12.1 Å². The third-order valence-electron chi connectivity index (χ3n) is 5.10. The third kappa shape index (κ3) is 4.46. The van der Waals surface area contributed by atoms with Crippen LogP contribution in [0.1, 0.15) is 37.0 Å². The van der Waals surface area contributed by atoms with Crippen LogP contribution < -0.4 is 0 Å². The van der Waals surface area contributed by atoms with Gasteiger partial charge in [-0.15, -0.1) is 0 Å². The minimum atomic E-state index is -0.830. The van der Waals surface area contributed by atoms with Gasteiger partial charge < -0.3 is 4.74 Å². The molecule has 0 fully saturated rings.